The maximum atomic E-state index is 12.2. The summed E-state index contributed by atoms with van der Waals surface area (Å²) < 4.78 is 5.77. The molecule has 5 aromatic rings. The van der Waals surface area contributed by atoms with Crippen LogP contribution in [0.2, 0.25) is 0 Å². The van der Waals surface area contributed by atoms with Gasteiger partial charge in [0, 0.05) is 60.0 Å². The molecular formula is C44H56IrN3O3-. The fraction of sp³-hybridized carbons (Fsp3) is 0.455. The molecule has 1 radical (unpaired) electrons. The SMILES string of the molecule is CC(C)Cc1coc2nccc(-c3cc(-c4[c-]c5ccccc5c(C(C)(C)C)c4)ncn3)c12.CCC(C)(CC)C(=O)/C=C(\O)C(C)(CC)CC.[Ir]. The number of carbonyl (C=O) groups is 1. The van der Waals surface area contributed by atoms with Gasteiger partial charge in [-0.2, -0.15) is 0 Å². The average molecular weight is 867 g/mol. The number of hydrogen-bond acceptors (Lipinski definition) is 6. The monoisotopic (exact) mass is 867 g/mol. The van der Waals surface area contributed by atoms with Gasteiger partial charge in [0.05, 0.1) is 17.3 Å². The van der Waals surface area contributed by atoms with Crippen molar-refractivity contribution in [1.29, 1.82) is 0 Å². The number of pyridine rings is 1. The van der Waals surface area contributed by atoms with Gasteiger partial charge in [0.1, 0.15) is 12.1 Å². The Morgan fingerprint density at radius 2 is 1.51 bits per heavy atom. The summed E-state index contributed by atoms with van der Waals surface area (Å²) in [5, 5.41) is 13.5. The third-order valence-corrected chi connectivity index (χ3v) is 10.6. The molecule has 275 valence electrons. The van der Waals surface area contributed by atoms with E-state index < -0.39 is 0 Å². The van der Waals surface area contributed by atoms with Gasteiger partial charge in [-0.1, -0.05) is 105 Å². The molecule has 0 saturated carbocycles. The topological polar surface area (TPSA) is 89.1 Å². The van der Waals surface area contributed by atoms with E-state index in [1.807, 2.05) is 59.9 Å². The second-order valence-electron chi connectivity index (χ2n) is 15.5. The number of nitrogens with zero attached hydrogens (tertiary/aromatic N) is 3. The molecule has 0 aliphatic rings. The van der Waals surface area contributed by atoms with Crippen LogP contribution in [0.15, 0.2) is 77.5 Å². The molecule has 51 heavy (non-hydrogen) atoms. The third kappa shape index (κ3) is 9.42. The van der Waals surface area contributed by atoms with Crippen LogP contribution in [0.5, 0.6) is 0 Å². The Hall–Kier alpha value is -3.67. The zero-order valence-electron chi connectivity index (χ0n) is 32.4. The smallest absolute Gasteiger partial charge is 0.226 e. The number of ketones is 1. The number of furan rings is 1. The van der Waals surface area contributed by atoms with Crippen molar-refractivity contribution >= 4 is 27.7 Å². The first-order valence-electron chi connectivity index (χ1n) is 18.2. The minimum absolute atomic E-state index is 0. The Labute approximate surface area is 319 Å². The van der Waals surface area contributed by atoms with Crippen LogP contribution in [-0.2, 0) is 36.7 Å². The molecule has 5 rings (SSSR count). The molecule has 0 saturated heterocycles. The number of allylic oxidation sites excluding steroid dienone is 2. The second-order valence-corrected chi connectivity index (χ2v) is 15.5. The number of fused-ring (bicyclic) bond motifs is 2. The molecule has 7 heteroatoms. The molecule has 3 aromatic heterocycles. The summed E-state index contributed by atoms with van der Waals surface area (Å²) in [7, 11) is 0. The van der Waals surface area contributed by atoms with Gasteiger partial charge < -0.3 is 9.52 Å². The Morgan fingerprint density at radius 1 is 0.882 bits per heavy atom. The number of aromatic nitrogens is 3. The van der Waals surface area contributed by atoms with Crippen LogP contribution < -0.4 is 0 Å². The van der Waals surface area contributed by atoms with Crippen molar-refractivity contribution in [2.24, 2.45) is 16.7 Å². The van der Waals surface area contributed by atoms with Gasteiger partial charge in [0.15, 0.2) is 5.78 Å². The molecule has 0 bridgehead atoms. The molecule has 3 heterocycles. The molecule has 0 atom stereocenters. The molecule has 0 unspecified atom stereocenters. The van der Waals surface area contributed by atoms with Crippen LogP contribution in [0.4, 0.5) is 0 Å². The summed E-state index contributed by atoms with van der Waals surface area (Å²) in [5.41, 5.74) is 6.20. The van der Waals surface area contributed by atoms with Crippen LogP contribution in [-0.4, -0.2) is 25.8 Å². The number of rotatable bonds is 11. The Balaban J connectivity index is 0.000000335. The van der Waals surface area contributed by atoms with Crippen molar-refractivity contribution < 1.29 is 34.4 Å². The van der Waals surface area contributed by atoms with Crippen LogP contribution in [0.3, 0.4) is 0 Å². The Kier molecular flexibility index (Phi) is 14.1. The summed E-state index contributed by atoms with van der Waals surface area (Å²) in [4.78, 5) is 25.9. The largest absolute Gasteiger partial charge is 0.512 e. The summed E-state index contributed by atoms with van der Waals surface area (Å²) in [6.45, 7) is 23.2. The first kappa shape index (κ1) is 41.7. The average Bonchev–Trinajstić information content (AvgIpc) is 3.52. The maximum Gasteiger partial charge on any atom is 0.226 e. The number of aliphatic hydroxyl groups excluding tert-OH is 1. The van der Waals surface area contributed by atoms with E-state index in [4.69, 9.17) is 4.42 Å². The van der Waals surface area contributed by atoms with Crippen LogP contribution in [0.25, 0.3) is 44.4 Å². The van der Waals surface area contributed by atoms with E-state index in [1.54, 1.807) is 12.5 Å². The van der Waals surface area contributed by atoms with E-state index in [1.165, 1.54) is 17.0 Å². The predicted molar refractivity (Wildman–Crippen MR) is 207 cm³/mol. The van der Waals surface area contributed by atoms with E-state index in [2.05, 4.69) is 86.0 Å². The first-order valence-corrected chi connectivity index (χ1v) is 18.2. The summed E-state index contributed by atoms with van der Waals surface area (Å²) in [6.07, 6.45) is 10.9. The molecule has 1 N–H and O–H groups in total. The number of aliphatic hydroxyl groups is 1. The zero-order chi connectivity index (χ0) is 36.9. The Morgan fingerprint density at radius 3 is 2.12 bits per heavy atom. The molecular weight excluding hydrogens is 811 g/mol. The predicted octanol–water partition coefficient (Wildman–Crippen LogP) is 12.0. The summed E-state index contributed by atoms with van der Waals surface area (Å²) in [5.74, 6) is 0.802. The molecule has 0 aliphatic carbocycles. The maximum absolute atomic E-state index is 12.2. The Bertz CT molecular complexity index is 1960. The number of carbonyl (C=O) groups excluding carboxylic acids is 1. The van der Waals surface area contributed by atoms with E-state index in [0.717, 1.165) is 71.0 Å². The van der Waals surface area contributed by atoms with Crippen LogP contribution in [0, 0.1) is 22.8 Å². The zero-order valence-corrected chi connectivity index (χ0v) is 34.8. The van der Waals surface area contributed by atoms with Crippen molar-refractivity contribution in [3.8, 4) is 22.5 Å². The normalized spacial score (nSPS) is 12.5. The van der Waals surface area contributed by atoms with Crippen molar-refractivity contribution in [3.63, 3.8) is 0 Å². The fourth-order valence-electron chi connectivity index (χ4n) is 6.16. The second kappa shape index (κ2) is 17.2. The fourth-order valence-corrected chi connectivity index (χ4v) is 6.16. The first-order chi connectivity index (χ1) is 23.6. The van der Waals surface area contributed by atoms with Crippen molar-refractivity contribution in [2.75, 3.05) is 0 Å². The minimum atomic E-state index is -0.337. The molecule has 0 fully saturated rings. The van der Waals surface area contributed by atoms with Crippen LogP contribution in [0.1, 0.15) is 113 Å². The van der Waals surface area contributed by atoms with Crippen molar-refractivity contribution in [3.05, 3.63) is 90.3 Å². The minimum Gasteiger partial charge on any atom is -0.512 e. The van der Waals surface area contributed by atoms with E-state index in [-0.39, 0.29) is 47.9 Å². The van der Waals surface area contributed by atoms with Crippen molar-refractivity contribution in [2.45, 2.75) is 114 Å². The number of hydrogen-bond donors (Lipinski definition) is 1. The van der Waals surface area contributed by atoms with E-state index >= 15 is 0 Å². The number of benzene rings is 2. The van der Waals surface area contributed by atoms with Gasteiger partial charge in [0.2, 0.25) is 5.71 Å². The third-order valence-electron chi connectivity index (χ3n) is 10.6. The quantitative estimate of drug-likeness (QED) is 0.0808. The summed E-state index contributed by atoms with van der Waals surface area (Å²) in [6, 6.07) is 18.3. The molecule has 6 nitrogen and oxygen atoms in total. The van der Waals surface area contributed by atoms with Crippen molar-refractivity contribution in [1.82, 2.24) is 15.0 Å². The van der Waals surface area contributed by atoms with Gasteiger partial charge in [-0.3, -0.25) is 9.78 Å². The van der Waals surface area contributed by atoms with Gasteiger partial charge in [-0.25, -0.2) is 9.97 Å². The van der Waals surface area contributed by atoms with Gasteiger partial charge in [-0.15, -0.1) is 29.1 Å². The van der Waals surface area contributed by atoms with E-state index in [0.29, 0.717) is 11.6 Å². The van der Waals surface area contributed by atoms with Gasteiger partial charge in [-0.05, 0) is 55.6 Å². The van der Waals surface area contributed by atoms with E-state index in [9.17, 15) is 9.90 Å². The molecule has 0 aliphatic heterocycles. The van der Waals surface area contributed by atoms with Gasteiger partial charge >= 0.3 is 0 Å². The summed E-state index contributed by atoms with van der Waals surface area (Å²) >= 11 is 0. The van der Waals surface area contributed by atoms with Crippen LogP contribution >= 0.6 is 0 Å². The molecule has 0 spiro atoms. The molecule has 0 amide bonds. The standard InChI is InChI=1S/C29H28N3O.C15H28O2.Ir/c1-18(2)12-21-16-33-28-27(21)23(10-11-30-28)26-15-25(31-17-32-26)20-13-19-8-6-7-9-22(19)24(14-20)29(3,4)5;1-7-14(5,8-2)12(16)11-13(17)15(6,9-3)10-4;/h6-11,14-18H,12H2,1-5H3;11,16H,7-10H2,1-6H3;/q-1;;/b;12-11-;. The molecule has 2 aromatic carbocycles. The van der Waals surface area contributed by atoms with Gasteiger partial charge in [0.25, 0.3) is 0 Å².